The Morgan fingerprint density at radius 3 is 2.64 bits per heavy atom. The molecule has 4 heteroatoms. The Morgan fingerprint density at radius 1 is 1.45 bits per heavy atom. The van der Waals surface area contributed by atoms with Crippen LogP contribution >= 0.6 is 22.6 Å². The molecule has 0 bridgehead atoms. The fraction of sp³-hybridized carbons (Fsp3) is 1.00. The minimum absolute atomic E-state index is 0.301. The van der Waals surface area contributed by atoms with Crippen LogP contribution < -0.4 is 5.73 Å². The Hall–Kier alpha value is 0.610. The minimum Gasteiger partial charge on any atom is -0.379 e. The minimum atomic E-state index is 0.301. The first-order valence-electron chi connectivity index (χ1n) is 3.99. The van der Waals surface area contributed by atoms with Crippen molar-refractivity contribution in [3.63, 3.8) is 0 Å². The average Bonchev–Trinajstić information content (AvgIpc) is 2.03. The van der Waals surface area contributed by atoms with E-state index >= 15 is 0 Å². The quantitative estimate of drug-likeness (QED) is 0.459. The van der Waals surface area contributed by atoms with Gasteiger partial charge in [0, 0.05) is 19.6 Å². The maximum Gasteiger partial charge on any atom is 0.0594 e. The van der Waals surface area contributed by atoms with Crippen molar-refractivity contribution in [3.05, 3.63) is 0 Å². The Kier molecular flexibility index (Phi) is 4.66. The zero-order valence-electron chi connectivity index (χ0n) is 6.63. The van der Waals surface area contributed by atoms with E-state index in [1.165, 1.54) is 0 Å². The largest absolute Gasteiger partial charge is 0.379 e. The van der Waals surface area contributed by atoms with Gasteiger partial charge in [-0.25, -0.2) is 0 Å². The number of ether oxygens (including phenoxy) is 1. The van der Waals surface area contributed by atoms with Gasteiger partial charge in [-0.1, -0.05) is 22.6 Å². The van der Waals surface area contributed by atoms with Crippen molar-refractivity contribution < 1.29 is 4.74 Å². The number of hydrogen-bond donors (Lipinski definition) is 1. The third-order valence-corrected chi connectivity index (χ3v) is 2.45. The van der Waals surface area contributed by atoms with Crippen LogP contribution in [0.25, 0.3) is 0 Å². The molecule has 0 spiro atoms. The first-order valence-corrected chi connectivity index (χ1v) is 5.23. The third-order valence-electron chi connectivity index (χ3n) is 1.82. The highest BCUT2D eigenvalue weighted by molar-refractivity contribution is 14.1. The lowest BCUT2D eigenvalue weighted by Crippen LogP contribution is -2.38. The average molecular weight is 270 g/mol. The van der Waals surface area contributed by atoms with Gasteiger partial charge in [-0.15, -0.1) is 0 Å². The summed E-state index contributed by atoms with van der Waals surface area (Å²) in [6.07, 6.45) is 1.08. The molecule has 0 aliphatic carbocycles. The lowest BCUT2D eigenvalue weighted by atomic mass is 10.3. The van der Waals surface area contributed by atoms with Crippen molar-refractivity contribution in [3.8, 4) is 0 Å². The Balaban J connectivity index is 2.05. The van der Waals surface area contributed by atoms with Crippen LogP contribution in [0, 0.1) is 0 Å². The number of hydrogen-bond acceptors (Lipinski definition) is 3. The number of halogens is 1. The molecule has 0 radical (unpaired) electrons. The molecule has 1 aliphatic rings. The van der Waals surface area contributed by atoms with Crippen molar-refractivity contribution >= 4 is 22.6 Å². The van der Waals surface area contributed by atoms with Gasteiger partial charge in [0.1, 0.15) is 0 Å². The predicted molar refractivity (Wildman–Crippen MR) is 53.9 cm³/mol. The molecule has 0 aromatic heterocycles. The molecule has 1 heterocycles. The molecular weight excluding hydrogens is 255 g/mol. The molecule has 0 aromatic carbocycles. The summed E-state index contributed by atoms with van der Waals surface area (Å²) in [6.45, 7) is 5.03. The van der Waals surface area contributed by atoms with Crippen LogP contribution in [0.1, 0.15) is 6.42 Å². The van der Waals surface area contributed by atoms with E-state index in [9.17, 15) is 0 Å². The van der Waals surface area contributed by atoms with Gasteiger partial charge in [-0.3, -0.25) is 4.90 Å². The summed E-state index contributed by atoms with van der Waals surface area (Å²) in [4.78, 5) is 2.40. The molecule has 0 saturated carbocycles. The van der Waals surface area contributed by atoms with Gasteiger partial charge in [-0.2, -0.15) is 0 Å². The molecular formula is C7H15IN2O. The molecule has 1 atom stereocenters. The standard InChI is InChI=1S/C7H15IN2O/c8-7(9)1-2-10-3-5-11-6-4-10/h7H,1-6,9H2. The van der Waals surface area contributed by atoms with Crippen LogP contribution in [0.2, 0.25) is 0 Å². The summed E-state index contributed by atoms with van der Waals surface area (Å²) in [6, 6.07) is 0. The molecule has 1 saturated heterocycles. The monoisotopic (exact) mass is 270 g/mol. The topological polar surface area (TPSA) is 38.5 Å². The highest BCUT2D eigenvalue weighted by Gasteiger charge is 2.10. The van der Waals surface area contributed by atoms with E-state index in [2.05, 4.69) is 27.5 Å². The molecule has 11 heavy (non-hydrogen) atoms. The normalized spacial score (nSPS) is 23.5. The summed E-state index contributed by atoms with van der Waals surface area (Å²) < 4.78 is 5.53. The van der Waals surface area contributed by atoms with Crippen LogP contribution in [-0.4, -0.2) is 41.8 Å². The molecule has 1 unspecified atom stereocenters. The van der Waals surface area contributed by atoms with E-state index < -0.39 is 0 Å². The van der Waals surface area contributed by atoms with Gasteiger partial charge in [0.15, 0.2) is 0 Å². The number of rotatable bonds is 3. The summed E-state index contributed by atoms with van der Waals surface area (Å²) in [5.74, 6) is 0. The zero-order valence-corrected chi connectivity index (χ0v) is 8.79. The number of alkyl halides is 1. The van der Waals surface area contributed by atoms with Crippen molar-refractivity contribution in [2.45, 2.75) is 10.5 Å². The summed E-state index contributed by atoms with van der Waals surface area (Å²) >= 11 is 2.26. The predicted octanol–water partition coefficient (Wildman–Crippen LogP) is 0.428. The SMILES string of the molecule is NC(I)CCN1CCOCC1. The molecule has 1 aliphatic heterocycles. The summed E-state index contributed by atoms with van der Waals surface area (Å²) in [7, 11) is 0. The Morgan fingerprint density at radius 2 is 2.09 bits per heavy atom. The van der Waals surface area contributed by atoms with Gasteiger partial charge < -0.3 is 10.5 Å². The van der Waals surface area contributed by atoms with Crippen LogP contribution in [0.3, 0.4) is 0 Å². The van der Waals surface area contributed by atoms with Crippen LogP contribution in [0.15, 0.2) is 0 Å². The fourth-order valence-corrected chi connectivity index (χ4v) is 1.41. The zero-order chi connectivity index (χ0) is 8.10. The van der Waals surface area contributed by atoms with Gasteiger partial charge in [0.05, 0.1) is 17.3 Å². The Bertz CT molecular complexity index is 105. The molecule has 66 valence electrons. The van der Waals surface area contributed by atoms with Crippen LogP contribution in [0.4, 0.5) is 0 Å². The molecule has 0 amide bonds. The molecule has 3 nitrogen and oxygen atoms in total. The van der Waals surface area contributed by atoms with E-state index in [1.807, 2.05) is 0 Å². The van der Waals surface area contributed by atoms with Crippen molar-refractivity contribution in [2.75, 3.05) is 32.8 Å². The maximum absolute atomic E-state index is 5.64. The van der Waals surface area contributed by atoms with Crippen molar-refractivity contribution in [1.29, 1.82) is 0 Å². The number of nitrogens with zero attached hydrogens (tertiary/aromatic N) is 1. The lowest BCUT2D eigenvalue weighted by molar-refractivity contribution is 0.0375. The van der Waals surface area contributed by atoms with E-state index in [1.54, 1.807) is 0 Å². The van der Waals surface area contributed by atoms with Gasteiger partial charge in [0.25, 0.3) is 0 Å². The van der Waals surface area contributed by atoms with Gasteiger partial charge in [-0.05, 0) is 6.42 Å². The van der Waals surface area contributed by atoms with Crippen LogP contribution in [0.5, 0.6) is 0 Å². The first-order chi connectivity index (χ1) is 5.29. The molecule has 2 N–H and O–H groups in total. The molecule has 1 fully saturated rings. The number of nitrogens with two attached hydrogens (primary N) is 1. The highest BCUT2D eigenvalue weighted by atomic mass is 127. The molecule has 1 rings (SSSR count). The fourth-order valence-electron chi connectivity index (χ4n) is 1.13. The maximum atomic E-state index is 5.64. The smallest absolute Gasteiger partial charge is 0.0594 e. The van der Waals surface area contributed by atoms with E-state index in [-0.39, 0.29) is 0 Å². The third kappa shape index (κ3) is 4.25. The van der Waals surface area contributed by atoms with Gasteiger partial charge >= 0.3 is 0 Å². The number of morpholine rings is 1. The van der Waals surface area contributed by atoms with Crippen LogP contribution in [-0.2, 0) is 4.74 Å². The van der Waals surface area contributed by atoms with E-state index in [0.29, 0.717) is 4.05 Å². The Labute approximate surface area is 81.4 Å². The van der Waals surface area contributed by atoms with E-state index in [4.69, 9.17) is 10.5 Å². The molecule has 0 aromatic rings. The van der Waals surface area contributed by atoms with Gasteiger partial charge in [0.2, 0.25) is 0 Å². The first kappa shape index (κ1) is 9.70. The lowest BCUT2D eigenvalue weighted by Gasteiger charge is -2.26. The highest BCUT2D eigenvalue weighted by Crippen LogP contribution is 2.02. The van der Waals surface area contributed by atoms with Crippen molar-refractivity contribution in [1.82, 2.24) is 4.90 Å². The second kappa shape index (κ2) is 5.29. The van der Waals surface area contributed by atoms with E-state index in [0.717, 1.165) is 39.3 Å². The summed E-state index contributed by atoms with van der Waals surface area (Å²) in [5.41, 5.74) is 5.64. The van der Waals surface area contributed by atoms with Crippen molar-refractivity contribution in [2.24, 2.45) is 5.73 Å². The second-order valence-corrected chi connectivity index (χ2v) is 4.36. The second-order valence-electron chi connectivity index (χ2n) is 2.76. The summed E-state index contributed by atoms with van der Waals surface area (Å²) in [5, 5.41) is 0.